The van der Waals surface area contributed by atoms with Crippen LogP contribution < -0.4 is 0 Å². The predicted molar refractivity (Wildman–Crippen MR) is 57.7 cm³/mol. The summed E-state index contributed by atoms with van der Waals surface area (Å²) < 4.78 is 0. The molecular weight excluding hydrogens is 190 g/mol. The van der Waals surface area contributed by atoms with Gasteiger partial charge in [-0.15, -0.1) is 0 Å². The number of rotatable bonds is 1. The molecule has 0 aromatic heterocycles. The zero-order chi connectivity index (χ0) is 10.7. The Morgan fingerprint density at radius 3 is 2.67 bits per heavy atom. The molecule has 3 heteroatoms. The quantitative estimate of drug-likeness (QED) is 0.713. The van der Waals surface area contributed by atoms with E-state index in [-0.39, 0.29) is 6.04 Å². The minimum absolute atomic E-state index is 0.0336. The molecule has 0 saturated carbocycles. The summed E-state index contributed by atoms with van der Waals surface area (Å²) in [5.41, 5.74) is 1.06. The first-order valence-electron chi connectivity index (χ1n) is 4.98. The number of benzene rings is 1. The Morgan fingerprint density at radius 1 is 1.27 bits per heavy atom. The monoisotopic (exact) mass is 203 g/mol. The SMILES string of the molecule is O=C(O)N1CC=CC[C@H]1c1ccccc1. The van der Waals surface area contributed by atoms with E-state index >= 15 is 0 Å². The summed E-state index contributed by atoms with van der Waals surface area (Å²) in [6, 6.07) is 9.72. The van der Waals surface area contributed by atoms with Crippen molar-refractivity contribution in [3.05, 3.63) is 48.0 Å². The summed E-state index contributed by atoms with van der Waals surface area (Å²) in [6.45, 7) is 0.481. The van der Waals surface area contributed by atoms with E-state index in [0.29, 0.717) is 6.54 Å². The fraction of sp³-hybridized carbons (Fsp3) is 0.250. The van der Waals surface area contributed by atoms with Crippen molar-refractivity contribution in [2.75, 3.05) is 6.54 Å². The molecule has 1 aliphatic heterocycles. The van der Waals surface area contributed by atoms with Crippen molar-refractivity contribution in [3.63, 3.8) is 0 Å². The van der Waals surface area contributed by atoms with Crippen LogP contribution in [-0.4, -0.2) is 22.6 Å². The van der Waals surface area contributed by atoms with Gasteiger partial charge in [-0.1, -0.05) is 42.5 Å². The zero-order valence-corrected chi connectivity index (χ0v) is 8.34. The third-order valence-electron chi connectivity index (χ3n) is 2.63. The van der Waals surface area contributed by atoms with Crippen LogP contribution in [0.2, 0.25) is 0 Å². The lowest BCUT2D eigenvalue weighted by molar-refractivity contribution is 0.128. The average molecular weight is 203 g/mol. The number of hydrogen-bond acceptors (Lipinski definition) is 1. The van der Waals surface area contributed by atoms with Gasteiger partial charge in [-0.2, -0.15) is 0 Å². The maximum Gasteiger partial charge on any atom is 0.408 e. The second-order valence-electron chi connectivity index (χ2n) is 3.57. The van der Waals surface area contributed by atoms with Gasteiger partial charge in [0.05, 0.1) is 6.04 Å². The van der Waals surface area contributed by atoms with Crippen LogP contribution in [0, 0.1) is 0 Å². The molecule has 1 N–H and O–H groups in total. The first kappa shape index (κ1) is 9.77. The van der Waals surface area contributed by atoms with Crippen molar-refractivity contribution in [1.29, 1.82) is 0 Å². The molecule has 0 spiro atoms. The van der Waals surface area contributed by atoms with Crippen molar-refractivity contribution in [2.45, 2.75) is 12.5 Å². The van der Waals surface area contributed by atoms with E-state index in [1.165, 1.54) is 4.90 Å². The van der Waals surface area contributed by atoms with Crippen molar-refractivity contribution < 1.29 is 9.90 Å². The second kappa shape index (κ2) is 4.17. The Bertz CT molecular complexity index is 372. The molecule has 0 aliphatic carbocycles. The molecule has 0 unspecified atom stereocenters. The highest BCUT2D eigenvalue weighted by Gasteiger charge is 2.24. The van der Waals surface area contributed by atoms with Gasteiger partial charge in [0.15, 0.2) is 0 Å². The number of nitrogens with zero attached hydrogens (tertiary/aromatic N) is 1. The van der Waals surface area contributed by atoms with Gasteiger partial charge in [0.25, 0.3) is 0 Å². The van der Waals surface area contributed by atoms with E-state index < -0.39 is 6.09 Å². The molecule has 1 amide bonds. The Balaban J connectivity index is 2.27. The highest BCUT2D eigenvalue weighted by Crippen LogP contribution is 2.27. The van der Waals surface area contributed by atoms with E-state index in [1.807, 2.05) is 42.5 Å². The molecule has 1 heterocycles. The number of carboxylic acid groups (broad SMARTS) is 1. The molecule has 3 nitrogen and oxygen atoms in total. The van der Waals surface area contributed by atoms with Crippen molar-refractivity contribution in [1.82, 2.24) is 4.90 Å². The Hall–Kier alpha value is -1.77. The molecule has 0 radical (unpaired) electrons. The number of carbonyl (C=O) groups is 1. The average Bonchev–Trinajstić information content (AvgIpc) is 2.30. The van der Waals surface area contributed by atoms with Crippen LogP contribution >= 0.6 is 0 Å². The molecule has 1 aliphatic rings. The molecule has 15 heavy (non-hydrogen) atoms. The molecule has 0 fully saturated rings. The van der Waals surface area contributed by atoms with E-state index in [2.05, 4.69) is 0 Å². The second-order valence-corrected chi connectivity index (χ2v) is 3.57. The fourth-order valence-corrected chi connectivity index (χ4v) is 1.87. The van der Waals surface area contributed by atoms with Gasteiger partial charge in [-0.25, -0.2) is 4.79 Å². The summed E-state index contributed by atoms with van der Waals surface area (Å²) >= 11 is 0. The predicted octanol–water partition coefficient (Wildman–Crippen LogP) is 2.67. The van der Waals surface area contributed by atoms with Gasteiger partial charge in [-0.3, -0.25) is 4.90 Å². The molecule has 1 atom stereocenters. The maximum atomic E-state index is 11.0. The lowest BCUT2D eigenvalue weighted by Crippen LogP contribution is -2.35. The summed E-state index contributed by atoms with van der Waals surface area (Å²) in [4.78, 5) is 12.5. The van der Waals surface area contributed by atoms with Crippen molar-refractivity contribution >= 4 is 6.09 Å². The largest absolute Gasteiger partial charge is 0.465 e. The van der Waals surface area contributed by atoms with E-state index in [0.717, 1.165) is 12.0 Å². The van der Waals surface area contributed by atoms with E-state index in [9.17, 15) is 4.79 Å². The Labute approximate surface area is 88.6 Å². The van der Waals surface area contributed by atoms with E-state index in [4.69, 9.17) is 5.11 Å². The van der Waals surface area contributed by atoms with Gasteiger partial charge in [0.2, 0.25) is 0 Å². The smallest absolute Gasteiger partial charge is 0.408 e. The standard InChI is InChI=1S/C12H13NO2/c14-12(15)13-9-5-4-8-11(13)10-6-2-1-3-7-10/h1-7,11H,8-9H2,(H,14,15)/t11-/m0/s1. The Kier molecular flexibility index (Phi) is 2.72. The van der Waals surface area contributed by atoms with Crippen LogP contribution in [0.5, 0.6) is 0 Å². The first-order chi connectivity index (χ1) is 7.29. The highest BCUT2D eigenvalue weighted by molar-refractivity contribution is 5.66. The van der Waals surface area contributed by atoms with Crippen LogP contribution in [0.15, 0.2) is 42.5 Å². The molecule has 2 rings (SSSR count). The third-order valence-corrected chi connectivity index (χ3v) is 2.63. The van der Waals surface area contributed by atoms with Crippen LogP contribution in [-0.2, 0) is 0 Å². The molecule has 1 aromatic rings. The van der Waals surface area contributed by atoms with Gasteiger partial charge in [-0.05, 0) is 12.0 Å². The van der Waals surface area contributed by atoms with Gasteiger partial charge >= 0.3 is 6.09 Å². The maximum absolute atomic E-state index is 11.0. The normalized spacial score (nSPS) is 20.3. The highest BCUT2D eigenvalue weighted by atomic mass is 16.4. The Morgan fingerprint density at radius 2 is 2.00 bits per heavy atom. The topological polar surface area (TPSA) is 40.5 Å². The van der Waals surface area contributed by atoms with Crippen LogP contribution in [0.3, 0.4) is 0 Å². The minimum Gasteiger partial charge on any atom is -0.465 e. The van der Waals surface area contributed by atoms with Crippen molar-refractivity contribution in [2.24, 2.45) is 0 Å². The number of amides is 1. The summed E-state index contributed by atoms with van der Waals surface area (Å²) in [5.74, 6) is 0. The molecule has 0 bridgehead atoms. The van der Waals surface area contributed by atoms with Crippen LogP contribution in [0.4, 0.5) is 4.79 Å². The van der Waals surface area contributed by atoms with Crippen LogP contribution in [0.1, 0.15) is 18.0 Å². The minimum atomic E-state index is -0.854. The first-order valence-corrected chi connectivity index (χ1v) is 4.98. The van der Waals surface area contributed by atoms with Gasteiger partial charge < -0.3 is 5.11 Å². The van der Waals surface area contributed by atoms with E-state index in [1.54, 1.807) is 0 Å². The van der Waals surface area contributed by atoms with Gasteiger partial charge in [0, 0.05) is 6.54 Å². The third kappa shape index (κ3) is 2.01. The lowest BCUT2D eigenvalue weighted by Gasteiger charge is -2.30. The summed E-state index contributed by atoms with van der Waals surface area (Å²) in [6.07, 6.45) is 3.84. The van der Waals surface area contributed by atoms with Crippen LogP contribution in [0.25, 0.3) is 0 Å². The molecular formula is C12H13NO2. The van der Waals surface area contributed by atoms with Gasteiger partial charge in [0.1, 0.15) is 0 Å². The molecule has 78 valence electrons. The molecule has 1 aromatic carbocycles. The summed E-state index contributed by atoms with van der Waals surface area (Å²) in [5, 5.41) is 9.06. The lowest BCUT2D eigenvalue weighted by atomic mass is 10.00. The number of hydrogen-bond donors (Lipinski definition) is 1. The fourth-order valence-electron chi connectivity index (χ4n) is 1.87. The van der Waals surface area contributed by atoms with Crippen molar-refractivity contribution in [3.8, 4) is 0 Å². The zero-order valence-electron chi connectivity index (χ0n) is 8.34. The molecule has 0 saturated heterocycles. The summed E-state index contributed by atoms with van der Waals surface area (Å²) in [7, 11) is 0.